The highest BCUT2D eigenvalue weighted by atomic mass is 16.2. The van der Waals surface area contributed by atoms with Crippen molar-refractivity contribution in [2.75, 3.05) is 32.7 Å². The molecule has 3 rings (SSSR count). The van der Waals surface area contributed by atoms with E-state index in [2.05, 4.69) is 4.90 Å². The standard InChI is InChI=1S/C21H33N3O/c1-21(22,19-11-6-3-7-12-19)20(25)24-14-8-13-23(15-16-24)17-18-9-4-2-5-10-18/h3,6-7,11-12,18H,2,4-5,8-10,13-17,22H2,1H3. The fourth-order valence-electron chi connectivity index (χ4n) is 4.33. The van der Waals surface area contributed by atoms with Crippen molar-refractivity contribution in [3.8, 4) is 0 Å². The van der Waals surface area contributed by atoms with Crippen molar-refractivity contribution < 1.29 is 4.79 Å². The minimum absolute atomic E-state index is 0.0539. The molecule has 2 fully saturated rings. The lowest BCUT2D eigenvalue weighted by atomic mass is 9.89. The van der Waals surface area contributed by atoms with E-state index in [-0.39, 0.29) is 5.91 Å². The number of hydrogen-bond donors (Lipinski definition) is 1. The number of carbonyl (C=O) groups excluding carboxylic acids is 1. The van der Waals surface area contributed by atoms with Crippen molar-refractivity contribution in [2.24, 2.45) is 11.7 Å². The summed E-state index contributed by atoms with van der Waals surface area (Å²) in [6, 6.07) is 9.75. The van der Waals surface area contributed by atoms with Gasteiger partial charge in [0.1, 0.15) is 5.54 Å². The average Bonchev–Trinajstić information content (AvgIpc) is 2.88. The van der Waals surface area contributed by atoms with Gasteiger partial charge in [-0.1, -0.05) is 49.6 Å². The Balaban J connectivity index is 1.57. The Bertz CT molecular complexity index is 552. The maximum absolute atomic E-state index is 13.1. The third-order valence-corrected chi connectivity index (χ3v) is 5.93. The molecule has 4 nitrogen and oxygen atoms in total. The monoisotopic (exact) mass is 343 g/mol. The number of amides is 1. The van der Waals surface area contributed by atoms with Crippen LogP contribution in [-0.2, 0) is 10.3 Å². The van der Waals surface area contributed by atoms with Gasteiger partial charge in [-0.2, -0.15) is 0 Å². The molecule has 2 aliphatic rings. The van der Waals surface area contributed by atoms with Crippen molar-refractivity contribution >= 4 is 5.91 Å². The summed E-state index contributed by atoms with van der Waals surface area (Å²) in [5, 5.41) is 0. The van der Waals surface area contributed by atoms with Crippen LogP contribution in [0.25, 0.3) is 0 Å². The highest BCUT2D eigenvalue weighted by molar-refractivity contribution is 5.87. The average molecular weight is 344 g/mol. The zero-order valence-electron chi connectivity index (χ0n) is 15.6. The van der Waals surface area contributed by atoms with E-state index < -0.39 is 5.54 Å². The van der Waals surface area contributed by atoms with Crippen molar-refractivity contribution in [2.45, 2.75) is 51.0 Å². The van der Waals surface area contributed by atoms with Crippen molar-refractivity contribution in [3.63, 3.8) is 0 Å². The Hall–Kier alpha value is -1.39. The maximum Gasteiger partial charge on any atom is 0.247 e. The zero-order chi connectivity index (χ0) is 17.7. The SMILES string of the molecule is CC(N)(C(=O)N1CCCN(CC2CCCCC2)CC1)c1ccccc1. The molecule has 1 amide bonds. The summed E-state index contributed by atoms with van der Waals surface area (Å²) < 4.78 is 0. The first kappa shape index (κ1) is 18.4. The van der Waals surface area contributed by atoms with Crippen molar-refractivity contribution in [1.29, 1.82) is 0 Å². The predicted molar refractivity (Wildman–Crippen MR) is 102 cm³/mol. The van der Waals surface area contributed by atoms with Crippen molar-refractivity contribution in [3.05, 3.63) is 35.9 Å². The number of benzene rings is 1. The molecular formula is C21H33N3O. The van der Waals surface area contributed by atoms with E-state index in [9.17, 15) is 4.79 Å². The van der Waals surface area contributed by atoms with Gasteiger partial charge in [-0.15, -0.1) is 0 Å². The molecule has 1 aromatic rings. The summed E-state index contributed by atoms with van der Waals surface area (Å²) in [6.45, 7) is 6.75. The Kier molecular flexibility index (Phi) is 6.13. The number of nitrogens with two attached hydrogens (primary N) is 1. The van der Waals surface area contributed by atoms with E-state index in [0.29, 0.717) is 0 Å². The van der Waals surface area contributed by atoms with Gasteiger partial charge >= 0.3 is 0 Å². The van der Waals surface area contributed by atoms with E-state index in [0.717, 1.165) is 44.1 Å². The summed E-state index contributed by atoms with van der Waals surface area (Å²) in [6.07, 6.45) is 8.01. The van der Waals surface area contributed by atoms with Gasteiger partial charge in [0.2, 0.25) is 5.91 Å². The van der Waals surface area contributed by atoms with Gasteiger partial charge in [0.05, 0.1) is 0 Å². The molecule has 1 aliphatic carbocycles. The van der Waals surface area contributed by atoms with Crippen LogP contribution < -0.4 is 5.73 Å². The number of nitrogens with zero attached hydrogens (tertiary/aromatic N) is 2. The molecule has 1 heterocycles. The molecular weight excluding hydrogens is 310 g/mol. The molecule has 4 heteroatoms. The fraction of sp³-hybridized carbons (Fsp3) is 0.667. The lowest BCUT2D eigenvalue weighted by Crippen LogP contribution is -2.51. The van der Waals surface area contributed by atoms with Gasteiger partial charge in [-0.05, 0) is 44.2 Å². The third kappa shape index (κ3) is 4.62. The normalized spacial score (nSPS) is 23.0. The van der Waals surface area contributed by atoms with Crippen LogP contribution in [0.4, 0.5) is 0 Å². The molecule has 0 aromatic heterocycles. The molecule has 0 spiro atoms. The van der Waals surface area contributed by atoms with Crippen LogP contribution in [-0.4, -0.2) is 48.4 Å². The summed E-state index contributed by atoms with van der Waals surface area (Å²) in [7, 11) is 0. The van der Waals surface area contributed by atoms with E-state index >= 15 is 0 Å². The van der Waals surface area contributed by atoms with E-state index in [4.69, 9.17) is 5.73 Å². The number of carbonyl (C=O) groups is 1. The molecule has 1 aliphatic heterocycles. The van der Waals surface area contributed by atoms with Gasteiger partial charge < -0.3 is 15.5 Å². The van der Waals surface area contributed by atoms with Crippen LogP contribution in [0.5, 0.6) is 0 Å². The third-order valence-electron chi connectivity index (χ3n) is 5.93. The van der Waals surface area contributed by atoms with Crippen LogP contribution in [0.1, 0.15) is 51.0 Å². The number of rotatable bonds is 4. The summed E-state index contributed by atoms with van der Waals surface area (Å²) in [5.74, 6) is 0.915. The van der Waals surface area contributed by atoms with Crippen LogP contribution in [0, 0.1) is 5.92 Å². The van der Waals surface area contributed by atoms with Gasteiger partial charge in [0.25, 0.3) is 0 Å². The van der Waals surface area contributed by atoms with E-state index in [1.54, 1.807) is 0 Å². The van der Waals surface area contributed by atoms with Gasteiger partial charge in [0, 0.05) is 26.2 Å². The van der Waals surface area contributed by atoms with E-state index in [1.165, 1.54) is 38.6 Å². The molecule has 0 radical (unpaired) electrons. The van der Waals surface area contributed by atoms with E-state index in [1.807, 2.05) is 42.2 Å². The summed E-state index contributed by atoms with van der Waals surface area (Å²) in [4.78, 5) is 17.6. The molecule has 1 saturated carbocycles. The molecule has 2 N–H and O–H groups in total. The van der Waals surface area contributed by atoms with Crippen LogP contribution >= 0.6 is 0 Å². The predicted octanol–water partition coefficient (Wildman–Crippen LogP) is 2.98. The lowest BCUT2D eigenvalue weighted by molar-refractivity contribution is -0.136. The maximum atomic E-state index is 13.1. The highest BCUT2D eigenvalue weighted by Crippen LogP contribution is 2.25. The first-order valence-corrected chi connectivity index (χ1v) is 9.93. The second-order valence-electron chi connectivity index (χ2n) is 8.02. The first-order chi connectivity index (χ1) is 12.1. The zero-order valence-corrected chi connectivity index (χ0v) is 15.6. The fourth-order valence-corrected chi connectivity index (χ4v) is 4.33. The largest absolute Gasteiger partial charge is 0.339 e. The summed E-state index contributed by atoms with van der Waals surface area (Å²) >= 11 is 0. The quantitative estimate of drug-likeness (QED) is 0.914. The summed E-state index contributed by atoms with van der Waals surface area (Å²) in [5.41, 5.74) is 6.39. The van der Waals surface area contributed by atoms with Crippen LogP contribution in [0.15, 0.2) is 30.3 Å². The molecule has 1 unspecified atom stereocenters. The molecule has 25 heavy (non-hydrogen) atoms. The van der Waals surface area contributed by atoms with Gasteiger partial charge in [-0.25, -0.2) is 0 Å². The Morgan fingerprint density at radius 2 is 1.76 bits per heavy atom. The van der Waals surface area contributed by atoms with Crippen LogP contribution in [0.3, 0.4) is 0 Å². The van der Waals surface area contributed by atoms with Crippen molar-refractivity contribution in [1.82, 2.24) is 9.80 Å². The highest BCUT2D eigenvalue weighted by Gasteiger charge is 2.35. The molecule has 138 valence electrons. The second-order valence-corrected chi connectivity index (χ2v) is 8.02. The number of hydrogen-bond acceptors (Lipinski definition) is 3. The minimum atomic E-state index is -0.945. The Labute approximate surface area is 152 Å². The molecule has 1 saturated heterocycles. The lowest BCUT2D eigenvalue weighted by Gasteiger charge is -2.32. The van der Waals surface area contributed by atoms with Crippen LogP contribution in [0.2, 0.25) is 0 Å². The second kappa shape index (κ2) is 8.33. The topological polar surface area (TPSA) is 49.6 Å². The Morgan fingerprint density at radius 3 is 2.48 bits per heavy atom. The molecule has 0 bridgehead atoms. The minimum Gasteiger partial charge on any atom is -0.339 e. The first-order valence-electron chi connectivity index (χ1n) is 9.93. The van der Waals surface area contributed by atoms with Gasteiger partial charge in [-0.3, -0.25) is 4.79 Å². The Morgan fingerprint density at radius 1 is 1.04 bits per heavy atom. The molecule has 1 atom stereocenters. The smallest absolute Gasteiger partial charge is 0.247 e. The van der Waals surface area contributed by atoms with Gasteiger partial charge in [0.15, 0.2) is 0 Å². The molecule has 1 aromatic carbocycles.